The molecule has 0 amide bonds. The number of carbonyl (C=O) groups is 1. The Morgan fingerprint density at radius 2 is 1.17 bits per heavy atom. The van der Waals surface area contributed by atoms with Crippen molar-refractivity contribution in [2.45, 2.75) is 117 Å². The molecule has 0 atom stereocenters. The van der Waals surface area contributed by atoms with E-state index >= 15 is 0 Å². The van der Waals surface area contributed by atoms with Gasteiger partial charge in [0.25, 0.3) is 0 Å². The molecule has 0 bridgehead atoms. The molecule has 0 aromatic heterocycles. The molecule has 0 fully saturated rings. The Bertz CT molecular complexity index is 530. The molecule has 29 heavy (non-hydrogen) atoms. The lowest BCUT2D eigenvalue weighted by Gasteiger charge is -2.03. The number of esters is 1. The van der Waals surface area contributed by atoms with Crippen molar-refractivity contribution in [2.75, 3.05) is 0 Å². The van der Waals surface area contributed by atoms with E-state index in [2.05, 4.69) is 26.0 Å². The van der Waals surface area contributed by atoms with Crippen LogP contribution in [0.2, 0.25) is 0 Å². The minimum Gasteiger partial charge on any atom is -0.434 e. The number of carbonyl (C=O) groups excluding carboxylic acids is 1. The third-order valence-corrected chi connectivity index (χ3v) is 5.52. The van der Waals surface area contributed by atoms with Gasteiger partial charge in [0.2, 0.25) is 0 Å². The van der Waals surface area contributed by atoms with Crippen molar-refractivity contribution < 1.29 is 9.53 Å². The summed E-state index contributed by atoms with van der Waals surface area (Å²) in [5, 5.41) is 0. The summed E-state index contributed by atoms with van der Waals surface area (Å²) < 4.78 is 5.18. The first-order chi connectivity index (χ1) is 14.2. The molecule has 0 aliphatic heterocycles. The second-order valence-corrected chi connectivity index (χ2v) is 8.40. The minimum atomic E-state index is -0.122. The molecule has 1 rings (SSSR count). The van der Waals surface area contributed by atoms with Gasteiger partial charge < -0.3 is 4.74 Å². The van der Waals surface area contributed by atoms with Gasteiger partial charge in [-0.3, -0.25) is 4.79 Å². The molecule has 2 nitrogen and oxygen atoms in total. The highest BCUT2D eigenvalue weighted by Crippen LogP contribution is 2.14. The lowest BCUT2D eigenvalue weighted by atomic mass is 10.0. The minimum absolute atomic E-state index is 0.122. The summed E-state index contributed by atoms with van der Waals surface area (Å²) in [6, 6.07) is 8.15. The van der Waals surface area contributed by atoms with E-state index in [-0.39, 0.29) is 5.97 Å². The van der Waals surface area contributed by atoms with Gasteiger partial charge in [0.15, 0.2) is 0 Å². The van der Waals surface area contributed by atoms with E-state index in [9.17, 15) is 4.79 Å². The Morgan fingerprint density at radius 3 is 1.66 bits per heavy atom. The van der Waals surface area contributed by atoms with Gasteiger partial charge in [-0.15, -0.1) is 0 Å². The molecule has 0 aliphatic rings. The lowest BCUT2D eigenvalue weighted by molar-refractivity contribution is -0.138. The van der Waals surface area contributed by atoms with E-state index in [1.54, 1.807) is 0 Å². The third kappa shape index (κ3) is 16.0. The number of hydrogen-bond acceptors (Lipinski definition) is 2. The van der Waals surface area contributed by atoms with Gasteiger partial charge in [-0.1, -0.05) is 127 Å². The van der Waals surface area contributed by atoms with Crippen molar-refractivity contribution in [3.05, 3.63) is 41.7 Å². The Balaban J connectivity index is 1.83. The van der Waals surface area contributed by atoms with Crippen LogP contribution < -0.4 is 0 Å². The van der Waals surface area contributed by atoms with Crippen molar-refractivity contribution in [1.29, 1.82) is 0 Å². The average molecular weight is 401 g/mol. The van der Waals surface area contributed by atoms with Crippen LogP contribution in [0.4, 0.5) is 0 Å². The summed E-state index contributed by atoms with van der Waals surface area (Å²) in [5.41, 5.74) is 2.28. The van der Waals surface area contributed by atoms with Gasteiger partial charge in [-0.25, -0.2) is 0 Å². The Morgan fingerprint density at radius 1 is 0.724 bits per heavy atom. The van der Waals surface area contributed by atoms with Crippen LogP contribution in [0.5, 0.6) is 0 Å². The molecule has 0 saturated carbocycles. The van der Waals surface area contributed by atoms with Crippen LogP contribution in [-0.2, 0) is 9.53 Å². The molecular weight excluding hydrogens is 356 g/mol. The van der Waals surface area contributed by atoms with Crippen LogP contribution in [0.1, 0.15) is 121 Å². The van der Waals surface area contributed by atoms with Gasteiger partial charge in [0.1, 0.15) is 0 Å². The maximum absolute atomic E-state index is 11.7. The van der Waals surface area contributed by atoms with Crippen molar-refractivity contribution in [3.8, 4) is 0 Å². The maximum Gasteiger partial charge on any atom is 0.310 e. The first kappa shape index (κ1) is 25.5. The van der Waals surface area contributed by atoms with E-state index < -0.39 is 0 Å². The van der Waals surface area contributed by atoms with Crippen LogP contribution >= 0.6 is 0 Å². The van der Waals surface area contributed by atoms with E-state index in [1.165, 1.54) is 95.3 Å². The number of aryl methyl sites for hydroxylation is 1. The molecule has 0 unspecified atom stereocenters. The molecule has 2 heteroatoms. The Labute approximate surface area is 180 Å². The highest BCUT2D eigenvalue weighted by molar-refractivity contribution is 5.70. The topological polar surface area (TPSA) is 26.3 Å². The number of ether oxygens (including phenoxy) is 1. The van der Waals surface area contributed by atoms with Crippen LogP contribution in [-0.4, -0.2) is 5.97 Å². The standard InChI is InChI=1S/C27H44O2/c1-3-4-5-6-7-8-9-10-11-12-13-14-15-16-17-18-27(28)29-24-23-26-21-19-25(2)20-22-26/h19-24H,3-18H2,1-2H3/b24-23-. The van der Waals surface area contributed by atoms with Gasteiger partial charge in [0, 0.05) is 6.42 Å². The molecule has 1 aromatic carbocycles. The van der Waals surface area contributed by atoms with Gasteiger partial charge in [-0.2, -0.15) is 0 Å². The zero-order valence-electron chi connectivity index (χ0n) is 19.1. The van der Waals surface area contributed by atoms with Crippen LogP contribution in [0.3, 0.4) is 0 Å². The Kier molecular flexibility index (Phi) is 16.2. The predicted molar refractivity (Wildman–Crippen MR) is 126 cm³/mol. The second kappa shape index (κ2) is 18.5. The molecule has 0 spiro atoms. The van der Waals surface area contributed by atoms with E-state index in [0.717, 1.165) is 18.4 Å². The van der Waals surface area contributed by atoms with Crippen molar-refractivity contribution >= 4 is 12.0 Å². The number of rotatable bonds is 18. The van der Waals surface area contributed by atoms with Gasteiger partial charge in [0.05, 0.1) is 6.26 Å². The number of benzene rings is 1. The van der Waals surface area contributed by atoms with E-state index in [0.29, 0.717) is 6.42 Å². The number of unbranched alkanes of at least 4 members (excludes halogenated alkanes) is 14. The lowest BCUT2D eigenvalue weighted by Crippen LogP contribution is -1.98. The molecular formula is C27H44O2. The van der Waals surface area contributed by atoms with Crippen LogP contribution in [0.15, 0.2) is 30.5 Å². The number of hydrogen-bond donors (Lipinski definition) is 0. The SMILES string of the molecule is CCCCCCCCCCCCCCCCCC(=O)O/C=C\c1ccc(C)cc1. The summed E-state index contributed by atoms with van der Waals surface area (Å²) >= 11 is 0. The second-order valence-electron chi connectivity index (χ2n) is 8.40. The summed E-state index contributed by atoms with van der Waals surface area (Å²) in [4.78, 5) is 11.7. The molecule has 0 aliphatic carbocycles. The zero-order chi connectivity index (χ0) is 21.0. The molecule has 0 radical (unpaired) electrons. The fourth-order valence-corrected chi connectivity index (χ4v) is 3.57. The summed E-state index contributed by atoms with van der Waals surface area (Å²) in [5.74, 6) is -0.122. The summed E-state index contributed by atoms with van der Waals surface area (Å²) in [6.45, 7) is 4.34. The average Bonchev–Trinajstić information content (AvgIpc) is 2.72. The fraction of sp³-hybridized carbons (Fsp3) is 0.667. The molecule has 1 aromatic rings. The highest BCUT2D eigenvalue weighted by atomic mass is 16.5. The molecule has 0 heterocycles. The normalized spacial score (nSPS) is 11.2. The molecule has 0 saturated heterocycles. The summed E-state index contributed by atoms with van der Waals surface area (Å²) in [6.07, 6.45) is 23.9. The van der Waals surface area contributed by atoms with Crippen LogP contribution in [0, 0.1) is 6.92 Å². The van der Waals surface area contributed by atoms with Crippen LogP contribution in [0.25, 0.3) is 6.08 Å². The Hall–Kier alpha value is -1.57. The van der Waals surface area contributed by atoms with Crippen molar-refractivity contribution in [2.24, 2.45) is 0 Å². The summed E-state index contributed by atoms with van der Waals surface area (Å²) in [7, 11) is 0. The monoisotopic (exact) mass is 400 g/mol. The maximum atomic E-state index is 11.7. The molecule has 164 valence electrons. The molecule has 0 N–H and O–H groups in total. The van der Waals surface area contributed by atoms with E-state index in [4.69, 9.17) is 4.74 Å². The predicted octanol–water partition coefficient (Wildman–Crippen LogP) is 8.77. The van der Waals surface area contributed by atoms with Gasteiger partial charge in [-0.05, 0) is 25.0 Å². The largest absolute Gasteiger partial charge is 0.434 e. The van der Waals surface area contributed by atoms with Gasteiger partial charge >= 0.3 is 5.97 Å². The third-order valence-electron chi connectivity index (χ3n) is 5.52. The fourth-order valence-electron chi connectivity index (χ4n) is 3.57. The van der Waals surface area contributed by atoms with E-state index in [1.807, 2.05) is 18.2 Å². The van der Waals surface area contributed by atoms with Crippen molar-refractivity contribution in [1.82, 2.24) is 0 Å². The first-order valence-electron chi connectivity index (χ1n) is 12.1. The zero-order valence-corrected chi connectivity index (χ0v) is 19.1. The highest BCUT2D eigenvalue weighted by Gasteiger charge is 2.01. The van der Waals surface area contributed by atoms with Crippen molar-refractivity contribution in [3.63, 3.8) is 0 Å². The smallest absolute Gasteiger partial charge is 0.310 e. The quantitative estimate of drug-likeness (QED) is 0.140. The first-order valence-corrected chi connectivity index (χ1v) is 12.1.